The molecule has 0 radical (unpaired) electrons. The van der Waals surface area contributed by atoms with Gasteiger partial charge in [0.1, 0.15) is 5.82 Å². The first-order valence-corrected chi connectivity index (χ1v) is 18.0. The van der Waals surface area contributed by atoms with Crippen LogP contribution >= 0.6 is 0 Å². The summed E-state index contributed by atoms with van der Waals surface area (Å²) in [6.07, 6.45) is 1.90. The third-order valence-electron chi connectivity index (χ3n) is 10.3. The Labute approximate surface area is 329 Å². The molecule has 6 heteroatoms. The molecule has 0 fully saturated rings. The number of rotatable bonds is 5. The average molecular weight is 879 g/mol. The van der Waals surface area contributed by atoms with Gasteiger partial charge in [0.2, 0.25) is 0 Å². The van der Waals surface area contributed by atoms with Gasteiger partial charge in [-0.2, -0.15) is 12.1 Å². The van der Waals surface area contributed by atoms with E-state index in [1.807, 2.05) is 24.4 Å². The maximum absolute atomic E-state index is 6.54. The van der Waals surface area contributed by atoms with Gasteiger partial charge >= 0.3 is 0 Å². The zero-order valence-electron chi connectivity index (χ0n) is 30.0. The van der Waals surface area contributed by atoms with E-state index in [-0.39, 0.29) is 26.5 Å². The number of anilines is 4. The molecule has 1 aliphatic rings. The Hall–Kier alpha value is -5.90. The van der Waals surface area contributed by atoms with Gasteiger partial charge in [0.25, 0.3) is 0 Å². The van der Waals surface area contributed by atoms with Crippen molar-refractivity contribution in [2.24, 2.45) is 0 Å². The van der Waals surface area contributed by atoms with E-state index in [0.717, 1.165) is 50.4 Å². The summed E-state index contributed by atoms with van der Waals surface area (Å²) in [6.45, 7) is 8.81. The molecular weight excluding hydrogens is 844 g/mol. The van der Waals surface area contributed by atoms with Gasteiger partial charge in [0.15, 0.2) is 0 Å². The van der Waals surface area contributed by atoms with Crippen LogP contribution in [0.3, 0.4) is 0 Å². The van der Waals surface area contributed by atoms with E-state index in [1.54, 1.807) is 0 Å². The minimum atomic E-state index is -0.00995. The standard InChI is InChI=1S/C48H35N4O.Pt/c1-48(2,3)34-25-26-49-47(27-34)52-43-16-7-6-15-40(43)41-24-23-38(30-46(41)52)53-37-13-10-12-35(28-37)50-31-51(45-18-9-8-17-44(45)50)36-22-21-33-20-19-32-11-4-5-14-39(32)42(33)29-36;/h4-27,29,31H,1-3H3;/q-3;. The monoisotopic (exact) mass is 878 g/mol. The minimum Gasteiger partial charge on any atom is -0.509 e. The molecule has 0 bridgehead atoms. The van der Waals surface area contributed by atoms with Crippen LogP contribution in [0.1, 0.15) is 26.3 Å². The molecule has 0 amide bonds. The van der Waals surface area contributed by atoms with Gasteiger partial charge in [-0.05, 0) is 80.4 Å². The predicted molar refractivity (Wildman–Crippen MR) is 218 cm³/mol. The van der Waals surface area contributed by atoms with E-state index in [0.29, 0.717) is 11.5 Å². The van der Waals surface area contributed by atoms with Crippen LogP contribution in [0.2, 0.25) is 0 Å². The largest absolute Gasteiger partial charge is 0.509 e. The van der Waals surface area contributed by atoms with E-state index in [4.69, 9.17) is 9.72 Å². The molecule has 9 aromatic rings. The zero-order valence-corrected chi connectivity index (χ0v) is 32.3. The van der Waals surface area contributed by atoms with Crippen molar-refractivity contribution < 1.29 is 25.8 Å². The molecule has 54 heavy (non-hydrogen) atoms. The second kappa shape index (κ2) is 13.2. The summed E-state index contributed by atoms with van der Waals surface area (Å²) in [5.74, 6) is 2.07. The number of benzene rings is 7. The molecule has 1 aliphatic heterocycles. The van der Waals surface area contributed by atoms with Crippen molar-refractivity contribution in [3.05, 3.63) is 176 Å². The van der Waals surface area contributed by atoms with E-state index < -0.39 is 0 Å². The van der Waals surface area contributed by atoms with Gasteiger partial charge in [-0.15, -0.1) is 48.1 Å². The number of pyridine rings is 1. The summed E-state index contributed by atoms with van der Waals surface area (Å²) in [6, 6.07) is 58.1. The second-order valence-electron chi connectivity index (χ2n) is 14.6. The number of hydrogen-bond donors (Lipinski definition) is 0. The Morgan fingerprint density at radius 3 is 2.13 bits per heavy atom. The topological polar surface area (TPSA) is 33.5 Å². The van der Waals surface area contributed by atoms with Crippen molar-refractivity contribution in [2.75, 3.05) is 9.80 Å². The first-order valence-electron chi connectivity index (χ1n) is 18.0. The normalized spacial score (nSPS) is 12.8. The third-order valence-corrected chi connectivity index (χ3v) is 10.3. The van der Waals surface area contributed by atoms with E-state index in [9.17, 15) is 0 Å². The molecule has 0 spiro atoms. The van der Waals surface area contributed by atoms with E-state index >= 15 is 0 Å². The molecule has 0 atom stereocenters. The number of ether oxygens (including phenoxy) is 1. The van der Waals surface area contributed by atoms with Crippen LogP contribution in [0.5, 0.6) is 11.5 Å². The fraction of sp³-hybridized carbons (Fsp3) is 0.0833. The molecule has 5 nitrogen and oxygen atoms in total. The van der Waals surface area contributed by atoms with E-state index in [1.165, 1.54) is 27.1 Å². The van der Waals surface area contributed by atoms with Gasteiger partial charge in [-0.25, -0.2) is 4.98 Å². The molecule has 266 valence electrons. The van der Waals surface area contributed by atoms with Crippen molar-refractivity contribution >= 4 is 66.1 Å². The Morgan fingerprint density at radius 2 is 1.30 bits per heavy atom. The van der Waals surface area contributed by atoms with Gasteiger partial charge in [0.05, 0.1) is 0 Å². The maximum Gasteiger partial charge on any atom is 0.135 e. The van der Waals surface area contributed by atoms with Crippen LogP contribution in [0, 0.1) is 18.8 Å². The number of fused-ring (bicyclic) bond motifs is 7. The molecule has 10 rings (SSSR count). The first kappa shape index (κ1) is 33.9. The Kier molecular flexibility index (Phi) is 8.28. The van der Waals surface area contributed by atoms with Gasteiger partial charge in [-0.1, -0.05) is 99.1 Å². The van der Waals surface area contributed by atoms with Crippen LogP contribution in [-0.4, -0.2) is 9.55 Å². The first-order chi connectivity index (χ1) is 25.9. The molecule has 7 aromatic carbocycles. The SMILES string of the molecule is CC(C)(C)c1ccnc(-n2c3[c-]c(Oc4[c-]c(N5[CH-]N(c6ccc7ccc8ccccc8c7c6)c6ccccc65)ccc4)ccc3c3ccccc32)c1.[Pt]. The van der Waals surface area contributed by atoms with Crippen molar-refractivity contribution in [2.45, 2.75) is 26.2 Å². The Balaban J connectivity index is 0.00000384. The summed E-state index contributed by atoms with van der Waals surface area (Å²) in [5.41, 5.74) is 7.35. The molecule has 2 aromatic heterocycles. The molecule has 3 heterocycles. The molecule has 0 unspecified atom stereocenters. The Bertz CT molecular complexity index is 2870. The van der Waals surface area contributed by atoms with Crippen molar-refractivity contribution in [3.8, 4) is 17.3 Å². The number of hydrogen-bond acceptors (Lipinski definition) is 4. The second-order valence-corrected chi connectivity index (χ2v) is 14.6. The summed E-state index contributed by atoms with van der Waals surface area (Å²) < 4.78 is 8.73. The summed E-state index contributed by atoms with van der Waals surface area (Å²) in [7, 11) is 0. The summed E-state index contributed by atoms with van der Waals surface area (Å²) >= 11 is 0. The van der Waals surface area contributed by atoms with Crippen molar-refractivity contribution in [3.63, 3.8) is 0 Å². The third kappa shape index (κ3) is 5.71. The number of para-hydroxylation sites is 3. The quantitative estimate of drug-likeness (QED) is 0.127. The average Bonchev–Trinajstić information content (AvgIpc) is 3.74. The fourth-order valence-corrected chi connectivity index (χ4v) is 7.58. The minimum absolute atomic E-state index is 0. The molecular formula is C48H35N4OPt-3. The Morgan fingerprint density at radius 1 is 0.593 bits per heavy atom. The van der Waals surface area contributed by atoms with Crippen LogP contribution in [0.25, 0.3) is 49.2 Å². The van der Waals surface area contributed by atoms with Crippen molar-refractivity contribution in [1.29, 1.82) is 0 Å². The molecule has 0 saturated heterocycles. The summed E-state index contributed by atoms with van der Waals surface area (Å²) in [5, 5.41) is 7.18. The van der Waals surface area contributed by atoms with Crippen LogP contribution in [0.15, 0.2) is 152 Å². The smallest absolute Gasteiger partial charge is 0.135 e. The molecule has 0 N–H and O–H groups in total. The number of nitrogens with zero attached hydrogens (tertiary/aromatic N) is 4. The molecule has 0 saturated carbocycles. The van der Waals surface area contributed by atoms with Crippen LogP contribution < -0.4 is 14.5 Å². The van der Waals surface area contributed by atoms with Crippen molar-refractivity contribution in [1.82, 2.24) is 9.55 Å². The van der Waals surface area contributed by atoms with Crippen LogP contribution in [0.4, 0.5) is 22.7 Å². The zero-order chi connectivity index (χ0) is 35.7. The maximum atomic E-state index is 6.54. The predicted octanol–water partition coefficient (Wildman–Crippen LogP) is 12.6. The molecule has 0 aliphatic carbocycles. The van der Waals surface area contributed by atoms with Crippen LogP contribution in [-0.2, 0) is 26.5 Å². The van der Waals surface area contributed by atoms with E-state index in [2.05, 4.69) is 181 Å². The van der Waals surface area contributed by atoms with Gasteiger partial charge in [0, 0.05) is 61.3 Å². The van der Waals surface area contributed by atoms with Gasteiger partial charge in [-0.3, -0.25) is 0 Å². The number of aromatic nitrogens is 2. The fourth-order valence-electron chi connectivity index (χ4n) is 7.58. The van der Waals surface area contributed by atoms with Gasteiger partial charge < -0.3 is 19.1 Å². The summed E-state index contributed by atoms with van der Waals surface area (Å²) in [4.78, 5) is 9.25.